The molecule has 1 saturated heterocycles. The summed E-state index contributed by atoms with van der Waals surface area (Å²) < 4.78 is 0. The molecular weight excluding hydrogens is 388 g/mol. The zero-order valence-corrected chi connectivity index (χ0v) is 17.3. The first-order valence-corrected chi connectivity index (χ1v) is 10.9. The number of aryl methyl sites for hydroxylation is 2. The van der Waals surface area contributed by atoms with E-state index in [0.29, 0.717) is 10.6 Å². The molecule has 0 radical (unpaired) electrons. The molecular formula is C22H20N2O2S2. The van der Waals surface area contributed by atoms with Crippen LogP contribution in [0, 0.1) is 13.8 Å². The number of nitrogens with zero attached hydrogens (tertiary/aromatic N) is 1. The minimum absolute atomic E-state index is 0.0846. The summed E-state index contributed by atoms with van der Waals surface area (Å²) >= 11 is 2.99. The number of thiophene rings is 1. The van der Waals surface area contributed by atoms with E-state index in [1.807, 2.05) is 66.6 Å². The van der Waals surface area contributed by atoms with E-state index in [1.54, 1.807) is 17.8 Å². The zero-order valence-electron chi connectivity index (χ0n) is 15.6. The summed E-state index contributed by atoms with van der Waals surface area (Å²) in [5.41, 5.74) is 4.83. The Balaban J connectivity index is 1.70. The van der Waals surface area contributed by atoms with Crippen molar-refractivity contribution in [1.29, 1.82) is 0 Å². The van der Waals surface area contributed by atoms with Crippen LogP contribution in [0.25, 0.3) is 0 Å². The maximum Gasteiger partial charge on any atom is 0.265 e. The second kappa shape index (κ2) is 7.81. The Morgan fingerprint density at radius 3 is 2.68 bits per heavy atom. The highest BCUT2D eigenvalue weighted by atomic mass is 32.2. The van der Waals surface area contributed by atoms with Gasteiger partial charge < -0.3 is 5.32 Å². The third-order valence-electron chi connectivity index (χ3n) is 4.70. The van der Waals surface area contributed by atoms with Gasteiger partial charge in [0.15, 0.2) is 0 Å². The molecule has 2 amide bonds. The monoisotopic (exact) mass is 408 g/mol. The Hall–Kier alpha value is -2.57. The molecule has 0 bridgehead atoms. The van der Waals surface area contributed by atoms with Gasteiger partial charge in [-0.1, -0.05) is 42.0 Å². The molecule has 1 N–H and O–H groups in total. The summed E-state index contributed by atoms with van der Waals surface area (Å²) in [6, 6.07) is 17.5. The Labute approximate surface area is 172 Å². The predicted molar refractivity (Wildman–Crippen MR) is 117 cm³/mol. The summed E-state index contributed by atoms with van der Waals surface area (Å²) in [6.07, 6.45) is 0. The Morgan fingerprint density at radius 1 is 1.11 bits per heavy atom. The van der Waals surface area contributed by atoms with Crippen LogP contribution >= 0.6 is 23.1 Å². The lowest BCUT2D eigenvalue weighted by molar-refractivity contribution is -0.115. The van der Waals surface area contributed by atoms with Crippen LogP contribution in [0.5, 0.6) is 0 Å². The molecule has 0 unspecified atom stereocenters. The van der Waals surface area contributed by atoms with Crippen LogP contribution in [0.4, 0.5) is 11.4 Å². The molecule has 3 aromatic rings. The second-order valence-electron chi connectivity index (χ2n) is 6.74. The highest BCUT2D eigenvalue weighted by Gasteiger charge is 2.36. The molecule has 0 aliphatic carbocycles. The fourth-order valence-corrected chi connectivity index (χ4v) is 5.23. The lowest BCUT2D eigenvalue weighted by Gasteiger charge is -2.27. The lowest BCUT2D eigenvalue weighted by atomic mass is 10.1. The molecule has 1 aliphatic heterocycles. The molecule has 1 atom stereocenters. The number of carbonyl (C=O) groups is 2. The van der Waals surface area contributed by atoms with Crippen molar-refractivity contribution in [2.45, 2.75) is 19.2 Å². The van der Waals surface area contributed by atoms with Gasteiger partial charge in [-0.2, -0.15) is 0 Å². The van der Waals surface area contributed by atoms with Crippen LogP contribution in [0.3, 0.4) is 0 Å². The van der Waals surface area contributed by atoms with E-state index in [2.05, 4.69) is 11.4 Å². The van der Waals surface area contributed by atoms with E-state index in [1.165, 1.54) is 16.9 Å². The average Bonchev–Trinajstić information content (AvgIpc) is 3.33. The number of anilines is 2. The van der Waals surface area contributed by atoms with E-state index in [-0.39, 0.29) is 17.2 Å². The summed E-state index contributed by atoms with van der Waals surface area (Å²) in [6.45, 7) is 4.07. The molecule has 1 aliphatic rings. The highest BCUT2D eigenvalue weighted by molar-refractivity contribution is 8.00. The average molecular weight is 409 g/mol. The van der Waals surface area contributed by atoms with E-state index < -0.39 is 0 Å². The van der Waals surface area contributed by atoms with Crippen molar-refractivity contribution < 1.29 is 9.59 Å². The van der Waals surface area contributed by atoms with Crippen LogP contribution in [-0.4, -0.2) is 17.6 Å². The van der Waals surface area contributed by atoms with Crippen molar-refractivity contribution >= 4 is 46.3 Å². The number of carbonyl (C=O) groups excluding carboxylic acids is 2. The van der Waals surface area contributed by atoms with Gasteiger partial charge in [0.25, 0.3) is 5.91 Å². The van der Waals surface area contributed by atoms with Gasteiger partial charge in [0.05, 0.1) is 10.6 Å². The fraction of sp³-hybridized carbons (Fsp3) is 0.182. The van der Waals surface area contributed by atoms with E-state index in [0.717, 1.165) is 22.5 Å². The van der Waals surface area contributed by atoms with Gasteiger partial charge in [0.2, 0.25) is 5.91 Å². The Morgan fingerprint density at radius 2 is 1.93 bits per heavy atom. The van der Waals surface area contributed by atoms with Crippen molar-refractivity contribution in [3.8, 4) is 0 Å². The quantitative estimate of drug-likeness (QED) is 0.629. The van der Waals surface area contributed by atoms with Crippen LogP contribution in [-0.2, 0) is 4.79 Å². The molecule has 4 rings (SSSR count). The first kappa shape index (κ1) is 18.8. The normalized spacial score (nSPS) is 16.4. The maximum absolute atomic E-state index is 12.7. The highest BCUT2D eigenvalue weighted by Crippen LogP contribution is 2.45. The summed E-state index contributed by atoms with van der Waals surface area (Å²) in [7, 11) is 0. The zero-order chi connectivity index (χ0) is 19.7. The van der Waals surface area contributed by atoms with E-state index >= 15 is 0 Å². The van der Waals surface area contributed by atoms with Crippen LogP contribution in [0.15, 0.2) is 60.0 Å². The van der Waals surface area contributed by atoms with Crippen LogP contribution < -0.4 is 10.2 Å². The molecule has 1 aromatic heterocycles. The fourth-order valence-electron chi connectivity index (χ4n) is 3.41. The molecule has 0 saturated carbocycles. The molecule has 6 heteroatoms. The molecule has 28 heavy (non-hydrogen) atoms. The first-order valence-electron chi connectivity index (χ1n) is 8.99. The van der Waals surface area contributed by atoms with Gasteiger partial charge in [0.1, 0.15) is 5.37 Å². The topological polar surface area (TPSA) is 49.4 Å². The summed E-state index contributed by atoms with van der Waals surface area (Å²) in [4.78, 5) is 27.8. The van der Waals surface area contributed by atoms with Crippen molar-refractivity contribution in [2.75, 3.05) is 16.0 Å². The van der Waals surface area contributed by atoms with Crippen molar-refractivity contribution in [2.24, 2.45) is 0 Å². The van der Waals surface area contributed by atoms with Gasteiger partial charge in [-0.3, -0.25) is 14.5 Å². The Bertz CT molecular complexity index is 1030. The number of benzene rings is 2. The van der Waals surface area contributed by atoms with Crippen LogP contribution in [0.2, 0.25) is 0 Å². The molecule has 2 heterocycles. The smallest absolute Gasteiger partial charge is 0.265 e. The number of thioether (sulfide) groups is 1. The van der Waals surface area contributed by atoms with Gasteiger partial charge in [-0.15, -0.1) is 23.1 Å². The van der Waals surface area contributed by atoms with Crippen molar-refractivity contribution in [3.05, 3.63) is 81.5 Å². The Kier molecular flexibility index (Phi) is 5.24. The molecule has 1 fully saturated rings. The third kappa shape index (κ3) is 3.57. The van der Waals surface area contributed by atoms with Gasteiger partial charge in [-0.25, -0.2) is 0 Å². The van der Waals surface area contributed by atoms with Gasteiger partial charge in [0, 0.05) is 16.9 Å². The van der Waals surface area contributed by atoms with Crippen molar-refractivity contribution in [1.82, 2.24) is 0 Å². The number of rotatable bonds is 4. The number of para-hydroxylation sites is 1. The molecule has 2 aromatic carbocycles. The number of nitrogens with one attached hydrogen (secondary N) is 1. The van der Waals surface area contributed by atoms with E-state index in [4.69, 9.17) is 0 Å². The SMILES string of the molecule is Cc1ccc(N2C(=O)CS[C@H]2c2ccccc2NC(=O)c2cccs2)c(C)c1. The molecule has 0 spiro atoms. The predicted octanol–water partition coefficient (Wildman–Crippen LogP) is 5.40. The largest absolute Gasteiger partial charge is 0.321 e. The third-order valence-corrected chi connectivity index (χ3v) is 6.76. The number of amides is 2. The van der Waals surface area contributed by atoms with Crippen LogP contribution in [0.1, 0.15) is 31.7 Å². The van der Waals surface area contributed by atoms with Gasteiger partial charge >= 0.3 is 0 Å². The lowest BCUT2D eigenvalue weighted by Crippen LogP contribution is -2.29. The van der Waals surface area contributed by atoms with Crippen molar-refractivity contribution in [3.63, 3.8) is 0 Å². The summed E-state index contributed by atoms with van der Waals surface area (Å²) in [5.74, 6) is 0.377. The number of hydrogen-bond donors (Lipinski definition) is 1. The first-order chi connectivity index (χ1) is 13.5. The second-order valence-corrected chi connectivity index (χ2v) is 8.75. The summed E-state index contributed by atoms with van der Waals surface area (Å²) in [5, 5.41) is 4.73. The minimum Gasteiger partial charge on any atom is -0.321 e. The van der Waals surface area contributed by atoms with E-state index in [9.17, 15) is 9.59 Å². The minimum atomic E-state index is -0.172. The molecule has 4 nitrogen and oxygen atoms in total. The number of hydrogen-bond acceptors (Lipinski definition) is 4. The van der Waals surface area contributed by atoms with Gasteiger partial charge in [-0.05, 0) is 43.0 Å². The molecule has 142 valence electrons. The standard InChI is InChI=1S/C22H20N2O2S2/c1-14-9-10-18(15(2)12-14)24-20(25)13-28-22(24)16-6-3-4-7-17(16)23-21(26)19-8-5-11-27-19/h3-12,22H,13H2,1-2H3,(H,23,26)/t22-/m0/s1. The maximum atomic E-state index is 12.7.